The third kappa shape index (κ3) is 5.68. The summed E-state index contributed by atoms with van der Waals surface area (Å²) < 4.78 is 40.9. The smallest absolute Gasteiger partial charge is 0.329 e. The number of nitrogens with zero attached hydrogens (tertiary/aromatic N) is 3. The number of aromatic nitrogens is 3. The van der Waals surface area contributed by atoms with E-state index in [0.717, 1.165) is 0 Å². The van der Waals surface area contributed by atoms with Crippen molar-refractivity contribution in [2.75, 3.05) is 5.32 Å². The van der Waals surface area contributed by atoms with Gasteiger partial charge in [-0.05, 0) is 25.0 Å². The summed E-state index contributed by atoms with van der Waals surface area (Å²) in [4.78, 5) is 18.9. The SMILES string of the molecule is O=C(CCCCCc1noc(C(F)(F)F)n1)Nc1ccccn1. The number of alkyl halides is 3. The Kier molecular flexibility index (Phi) is 5.67. The number of carbonyl (C=O) groups excluding carboxylic acids is 1. The van der Waals surface area contributed by atoms with E-state index in [1.165, 1.54) is 0 Å². The summed E-state index contributed by atoms with van der Waals surface area (Å²) in [5.74, 6) is -0.968. The lowest BCUT2D eigenvalue weighted by atomic mass is 10.1. The second-order valence-electron chi connectivity index (χ2n) is 4.84. The van der Waals surface area contributed by atoms with Crippen LogP contribution in [0.4, 0.5) is 19.0 Å². The molecule has 0 unspecified atom stereocenters. The highest BCUT2D eigenvalue weighted by Gasteiger charge is 2.38. The molecule has 0 radical (unpaired) electrons. The zero-order valence-electron chi connectivity index (χ0n) is 12.1. The number of halogens is 3. The molecule has 0 saturated heterocycles. The van der Waals surface area contributed by atoms with Gasteiger partial charge in [0.1, 0.15) is 5.82 Å². The van der Waals surface area contributed by atoms with Crippen LogP contribution in [-0.2, 0) is 17.4 Å². The number of amides is 1. The van der Waals surface area contributed by atoms with E-state index < -0.39 is 12.1 Å². The minimum absolute atomic E-state index is 0.0234. The molecule has 0 atom stereocenters. The molecule has 1 N–H and O–H groups in total. The highest BCUT2D eigenvalue weighted by Crippen LogP contribution is 2.27. The van der Waals surface area contributed by atoms with E-state index in [4.69, 9.17) is 0 Å². The molecule has 0 fully saturated rings. The largest absolute Gasteiger partial charge is 0.471 e. The number of carbonyl (C=O) groups is 1. The average molecular weight is 328 g/mol. The Labute approximate surface area is 130 Å². The van der Waals surface area contributed by atoms with Gasteiger partial charge in [-0.15, -0.1) is 0 Å². The van der Waals surface area contributed by atoms with E-state index in [1.54, 1.807) is 24.4 Å². The second kappa shape index (κ2) is 7.70. The van der Waals surface area contributed by atoms with Crippen molar-refractivity contribution in [1.29, 1.82) is 0 Å². The van der Waals surface area contributed by atoms with Gasteiger partial charge in [-0.1, -0.05) is 17.6 Å². The van der Waals surface area contributed by atoms with Crippen LogP contribution >= 0.6 is 0 Å². The van der Waals surface area contributed by atoms with Crippen LogP contribution in [-0.4, -0.2) is 21.0 Å². The quantitative estimate of drug-likeness (QED) is 0.789. The summed E-state index contributed by atoms with van der Waals surface area (Å²) in [7, 11) is 0. The van der Waals surface area contributed by atoms with Crippen LogP contribution in [0.25, 0.3) is 0 Å². The van der Waals surface area contributed by atoms with Gasteiger partial charge in [0.25, 0.3) is 0 Å². The van der Waals surface area contributed by atoms with Gasteiger partial charge in [-0.2, -0.15) is 18.2 Å². The number of nitrogens with one attached hydrogen (secondary N) is 1. The number of anilines is 1. The van der Waals surface area contributed by atoms with Gasteiger partial charge < -0.3 is 9.84 Å². The molecule has 6 nitrogen and oxygen atoms in total. The van der Waals surface area contributed by atoms with Gasteiger partial charge in [0.2, 0.25) is 5.91 Å². The van der Waals surface area contributed by atoms with Crippen LogP contribution < -0.4 is 5.32 Å². The highest BCUT2D eigenvalue weighted by molar-refractivity contribution is 5.89. The molecule has 124 valence electrons. The standard InChI is InChI=1S/C14H15F3N4O2/c15-14(16,17)13-20-11(21-23-13)7-2-1-3-8-12(22)19-10-6-4-5-9-18-10/h4-6,9H,1-3,7-8H2,(H,18,19,22). The molecule has 9 heteroatoms. The van der Waals surface area contributed by atoms with Gasteiger partial charge in [-0.3, -0.25) is 4.79 Å². The van der Waals surface area contributed by atoms with Crippen LogP contribution in [0.5, 0.6) is 0 Å². The van der Waals surface area contributed by atoms with E-state index in [9.17, 15) is 18.0 Å². The Balaban J connectivity index is 1.62. The minimum atomic E-state index is -4.62. The molecule has 0 bridgehead atoms. The Morgan fingerprint density at radius 3 is 2.70 bits per heavy atom. The maximum absolute atomic E-state index is 12.3. The molecule has 0 aromatic carbocycles. The van der Waals surface area contributed by atoms with E-state index in [0.29, 0.717) is 31.5 Å². The predicted molar refractivity (Wildman–Crippen MR) is 74.3 cm³/mol. The van der Waals surface area contributed by atoms with Crippen LogP contribution in [0.3, 0.4) is 0 Å². The van der Waals surface area contributed by atoms with E-state index in [-0.39, 0.29) is 18.2 Å². The van der Waals surface area contributed by atoms with Crippen LogP contribution in [0.1, 0.15) is 37.4 Å². The number of aryl methyl sites for hydroxylation is 1. The number of rotatable bonds is 7. The average Bonchev–Trinajstić information content (AvgIpc) is 2.97. The first-order valence-corrected chi connectivity index (χ1v) is 7.06. The highest BCUT2D eigenvalue weighted by atomic mass is 19.4. The topological polar surface area (TPSA) is 80.9 Å². The van der Waals surface area contributed by atoms with Crippen molar-refractivity contribution in [3.8, 4) is 0 Å². The molecule has 2 aromatic heterocycles. The summed E-state index contributed by atoms with van der Waals surface area (Å²) in [5, 5.41) is 5.93. The Morgan fingerprint density at radius 2 is 2.04 bits per heavy atom. The summed E-state index contributed by atoms with van der Waals surface area (Å²) in [6, 6.07) is 5.20. The van der Waals surface area contributed by atoms with Gasteiger partial charge in [0, 0.05) is 19.0 Å². The van der Waals surface area contributed by atoms with Gasteiger partial charge in [-0.25, -0.2) is 4.98 Å². The summed E-state index contributed by atoms with van der Waals surface area (Å²) >= 11 is 0. The van der Waals surface area contributed by atoms with Crippen molar-refractivity contribution in [3.63, 3.8) is 0 Å². The van der Waals surface area contributed by atoms with Crippen molar-refractivity contribution in [3.05, 3.63) is 36.1 Å². The predicted octanol–water partition coefficient (Wildman–Crippen LogP) is 3.23. The number of pyridine rings is 1. The lowest BCUT2D eigenvalue weighted by molar-refractivity contribution is -0.159. The Morgan fingerprint density at radius 1 is 1.22 bits per heavy atom. The number of hydrogen-bond acceptors (Lipinski definition) is 5. The normalized spacial score (nSPS) is 11.4. The zero-order valence-corrected chi connectivity index (χ0v) is 12.1. The van der Waals surface area contributed by atoms with E-state index >= 15 is 0 Å². The lowest BCUT2D eigenvalue weighted by Gasteiger charge is -2.03. The van der Waals surface area contributed by atoms with Crippen molar-refractivity contribution >= 4 is 11.7 Å². The molecule has 2 rings (SSSR count). The fourth-order valence-electron chi connectivity index (χ4n) is 1.86. The molecule has 23 heavy (non-hydrogen) atoms. The molecule has 2 aromatic rings. The van der Waals surface area contributed by atoms with Crippen molar-refractivity contribution < 1.29 is 22.5 Å². The molecule has 0 aliphatic rings. The Hall–Kier alpha value is -2.45. The van der Waals surface area contributed by atoms with Crippen LogP contribution in [0.2, 0.25) is 0 Å². The maximum Gasteiger partial charge on any atom is 0.471 e. The molecular weight excluding hydrogens is 313 g/mol. The van der Waals surface area contributed by atoms with E-state index in [1.807, 2.05) is 0 Å². The molecule has 2 heterocycles. The first-order valence-electron chi connectivity index (χ1n) is 7.06. The fourth-order valence-corrected chi connectivity index (χ4v) is 1.86. The lowest BCUT2D eigenvalue weighted by Crippen LogP contribution is -2.11. The van der Waals surface area contributed by atoms with E-state index in [2.05, 4.69) is 25.0 Å². The fraction of sp³-hybridized carbons (Fsp3) is 0.429. The summed E-state index contributed by atoms with van der Waals surface area (Å²) in [6.07, 6.45) is -0.579. The second-order valence-corrected chi connectivity index (χ2v) is 4.84. The summed E-state index contributed by atoms with van der Waals surface area (Å²) in [5.41, 5.74) is 0. The minimum Gasteiger partial charge on any atom is -0.329 e. The first-order chi connectivity index (χ1) is 10.9. The van der Waals surface area contributed by atoms with Gasteiger partial charge in [0.05, 0.1) is 0 Å². The third-order valence-corrected chi connectivity index (χ3v) is 2.95. The Bertz CT molecular complexity index is 628. The third-order valence-electron chi connectivity index (χ3n) is 2.95. The van der Waals surface area contributed by atoms with Crippen molar-refractivity contribution in [1.82, 2.24) is 15.1 Å². The van der Waals surface area contributed by atoms with Crippen LogP contribution in [0.15, 0.2) is 28.9 Å². The summed E-state index contributed by atoms with van der Waals surface area (Å²) in [6.45, 7) is 0. The number of unbranched alkanes of at least 4 members (excludes halogenated alkanes) is 2. The van der Waals surface area contributed by atoms with Crippen molar-refractivity contribution in [2.45, 2.75) is 38.3 Å². The molecule has 0 spiro atoms. The molecule has 1 amide bonds. The zero-order chi connectivity index (χ0) is 16.7. The molecule has 0 aliphatic heterocycles. The van der Waals surface area contributed by atoms with Gasteiger partial charge >= 0.3 is 12.1 Å². The molecular formula is C14H15F3N4O2. The number of hydrogen-bond donors (Lipinski definition) is 1. The maximum atomic E-state index is 12.3. The first kappa shape index (κ1) is 16.9. The monoisotopic (exact) mass is 328 g/mol. The van der Waals surface area contributed by atoms with Gasteiger partial charge in [0.15, 0.2) is 5.82 Å². The molecule has 0 aliphatic carbocycles. The molecule has 0 saturated carbocycles. The van der Waals surface area contributed by atoms with Crippen molar-refractivity contribution in [2.24, 2.45) is 0 Å². The van der Waals surface area contributed by atoms with Crippen LogP contribution in [0, 0.1) is 0 Å².